The Balaban J connectivity index is 3.19. The van der Waals surface area contributed by atoms with Gasteiger partial charge in [-0.05, 0) is 25.3 Å². The van der Waals surface area contributed by atoms with E-state index in [1.165, 1.54) is 6.92 Å². The van der Waals surface area contributed by atoms with Crippen LogP contribution in [0.3, 0.4) is 0 Å². The van der Waals surface area contributed by atoms with Gasteiger partial charge >= 0.3 is 5.51 Å². The fourth-order valence-corrected chi connectivity index (χ4v) is 3.54. The molecule has 19 heavy (non-hydrogen) atoms. The number of hydrogen-bond acceptors (Lipinski definition) is 2. The van der Waals surface area contributed by atoms with E-state index in [-0.39, 0.29) is 12.8 Å². The van der Waals surface area contributed by atoms with E-state index in [0.717, 1.165) is 0 Å². The summed E-state index contributed by atoms with van der Waals surface area (Å²) in [5.74, 6) is 0. The molecule has 0 saturated carbocycles. The Morgan fingerprint density at radius 1 is 1.11 bits per heavy atom. The van der Waals surface area contributed by atoms with E-state index >= 15 is 0 Å². The Morgan fingerprint density at radius 3 is 2.05 bits per heavy atom. The molecule has 1 aromatic rings. The van der Waals surface area contributed by atoms with Gasteiger partial charge in [0, 0.05) is 0 Å². The molecule has 0 bridgehead atoms. The van der Waals surface area contributed by atoms with Gasteiger partial charge in [0.1, 0.15) is 0 Å². The summed E-state index contributed by atoms with van der Waals surface area (Å²) in [7, 11) is -5.20. The van der Waals surface area contributed by atoms with Crippen LogP contribution in [0.2, 0.25) is 0 Å². The standard InChI is InChI=1S/C13H17F3O2S/c1-3-9-12(2,19(17,18)13(14,15)16)10-11-7-5-4-6-8-11/h4-8H,3,9-10H2,1-2H3. The second-order valence-corrected chi connectivity index (χ2v) is 7.27. The molecule has 0 aliphatic carbocycles. The second kappa shape index (κ2) is 5.53. The van der Waals surface area contributed by atoms with Crippen molar-refractivity contribution in [3.05, 3.63) is 35.9 Å². The minimum Gasteiger partial charge on any atom is -0.219 e. The SMILES string of the molecule is CCCC(C)(Cc1ccccc1)S(=O)(=O)C(F)(F)F. The van der Waals surface area contributed by atoms with E-state index in [0.29, 0.717) is 12.0 Å². The predicted octanol–water partition coefficient (Wildman–Crippen LogP) is 3.72. The number of halogens is 3. The number of hydrogen-bond donors (Lipinski definition) is 0. The fraction of sp³-hybridized carbons (Fsp3) is 0.538. The lowest BCUT2D eigenvalue weighted by atomic mass is 9.96. The highest BCUT2D eigenvalue weighted by molar-refractivity contribution is 7.93. The van der Waals surface area contributed by atoms with Gasteiger partial charge in [0.15, 0.2) is 0 Å². The molecule has 1 atom stereocenters. The topological polar surface area (TPSA) is 34.1 Å². The quantitative estimate of drug-likeness (QED) is 0.829. The van der Waals surface area contributed by atoms with Crippen molar-refractivity contribution >= 4 is 9.84 Å². The lowest BCUT2D eigenvalue weighted by Crippen LogP contribution is -2.45. The van der Waals surface area contributed by atoms with E-state index in [1.54, 1.807) is 37.3 Å². The Morgan fingerprint density at radius 2 is 1.63 bits per heavy atom. The van der Waals surface area contributed by atoms with Crippen molar-refractivity contribution in [3.8, 4) is 0 Å². The Labute approximate surface area is 111 Å². The van der Waals surface area contributed by atoms with Crippen LogP contribution < -0.4 is 0 Å². The van der Waals surface area contributed by atoms with Gasteiger partial charge in [-0.15, -0.1) is 0 Å². The lowest BCUT2D eigenvalue weighted by molar-refractivity contribution is -0.0459. The molecule has 2 nitrogen and oxygen atoms in total. The molecule has 0 fully saturated rings. The molecule has 0 amide bonds. The van der Waals surface area contributed by atoms with Gasteiger partial charge in [-0.2, -0.15) is 13.2 Å². The van der Waals surface area contributed by atoms with E-state index in [9.17, 15) is 21.6 Å². The zero-order valence-corrected chi connectivity index (χ0v) is 11.7. The molecule has 0 aromatic heterocycles. The molecular weight excluding hydrogens is 277 g/mol. The molecule has 0 saturated heterocycles. The van der Waals surface area contributed by atoms with E-state index in [2.05, 4.69) is 0 Å². The highest BCUT2D eigenvalue weighted by atomic mass is 32.2. The molecule has 0 aliphatic rings. The van der Waals surface area contributed by atoms with Crippen LogP contribution in [0.25, 0.3) is 0 Å². The number of alkyl halides is 3. The second-order valence-electron chi connectivity index (χ2n) is 4.81. The van der Waals surface area contributed by atoms with Crippen LogP contribution >= 0.6 is 0 Å². The van der Waals surface area contributed by atoms with Gasteiger partial charge in [0.05, 0.1) is 4.75 Å². The highest BCUT2D eigenvalue weighted by Gasteiger charge is 2.56. The summed E-state index contributed by atoms with van der Waals surface area (Å²) in [6.45, 7) is 2.85. The van der Waals surface area contributed by atoms with Gasteiger partial charge in [0.2, 0.25) is 0 Å². The first-order valence-electron chi connectivity index (χ1n) is 5.99. The zero-order chi connectivity index (χ0) is 14.7. The van der Waals surface area contributed by atoms with Crippen LogP contribution in [0, 0.1) is 0 Å². The first kappa shape index (κ1) is 16.0. The maximum atomic E-state index is 12.8. The molecule has 1 unspecified atom stereocenters. The van der Waals surface area contributed by atoms with E-state index < -0.39 is 20.1 Å². The van der Waals surface area contributed by atoms with Crippen LogP contribution in [0.4, 0.5) is 13.2 Å². The van der Waals surface area contributed by atoms with Gasteiger partial charge in [-0.25, -0.2) is 8.42 Å². The lowest BCUT2D eigenvalue weighted by Gasteiger charge is -2.30. The minimum absolute atomic E-state index is 0.0241. The summed E-state index contributed by atoms with van der Waals surface area (Å²) in [4.78, 5) is 0. The Bertz CT molecular complexity index is 508. The molecule has 0 radical (unpaired) electrons. The van der Waals surface area contributed by atoms with Crippen molar-refractivity contribution in [2.24, 2.45) is 0 Å². The molecule has 6 heteroatoms. The van der Waals surface area contributed by atoms with Crippen LogP contribution in [0.5, 0.6) is 0 Å². The Kier molecular flexibility index (Phi) is 4.66. The molecule has 0 heterocycles. The largest absolute Gasteiger partial charge is 0.497 e. The maximum absolute atomic E-state index is 12.8. The molecule has 0 aliphatic heterocycles. The summed E-state index contributed by atoms with van der Waals surface area (Å²) >= 11 is 0. The summed E-state index contributed by atoms with van der Waals surface area (Å²) < 4.78 is 60.0. The van der Waals surface area contributed by atoms with Crippen molar-refractivity contribution < 1.29 is 21.6 Å². The van der Waals surface area contributed by atoms with Crippen molar-refractivity contribution in [1.82, 2.24) is 0 Å². The average molecular weight is 294 g/mol. The van der Waals surface area contributed by atoms with E-state index in [1.807, 2.05) is 0 Å². The molecular formula is C13H17F3O2S. The zero-order valence-electron chi connectivity index (χ0n) is 10.9. The highest BCUT2D eigenvalue weighted by Crippen LogP contribution is 2.38. The molecule has 1 aromatic carbocycles. The van der Waals surface area contributed by atoms with Gasteiger partial charge < -0.3 is 0 Å². The minimum atomic E-state index is -5.22. The Hall–Kier alpha value is -1.04. The molecule has 0 N–H and O–H groups in total. The average Bonchev–Trinajstić information content (AvgIpc) is 2.28. The predicted molar refractivity (Wildman–Crippen MR) is 68.4 cm³/mol. The molecule has 108 valence electrons. The summed E-state index contributed by atoms with van der Waals surface area (Å²) in [6.07, 6.45) is 0.214. The van der Waals surface area contributed by atoms with Crippen molar-refractivity contribution in [2.75, 3.05) is 0 Å². The molecule has 0 spiro atoms. The number of benzene rings is 1. The van der Waals surface area contributed by atoms with Crippen LogP contribution in [-0.4, -0.2) is 18.7 Å². The third kappa shape index (κ3) is 3.29. The third-order valence-electron chi connectivity index (χ3n) is 3.15. The first-order chi connectivity index (χ1) is 8.64. The van der Waals surface area contributed by atoms with E-state index in [4.69, 9.17) is 0 Å². The van der Waals surface area contributed by atoms with Crippen LogP contribution in [-0.2, 0) is 16.3 Å². The normalized spacial score (nSPS) is 16.1. The van der Waals surface area contributed by atoms with Crippen LogP contribution in [0.1, 0.15) is 32.3 Å². The fourth-order valence-electron chi connectivity index (χ4n) is 2.15. The van der Waals surface area contributed by atoms with Crippen molar-refractivity contribution in [3.63, 3.8) is 0 Å². The third-order valence-corrected chi connectivity index (χ3v) is 5.41. The first-order valence-corrected chi connectivity index (χ1v) is 7.47. The van der Waals surface area contributed by atoms with Crippen molar-refractivity contribution in [1.29, 1.82) is 0 Å². The summed E-state index contributed by atoms with van der Waals surface area (Å²) in [5, 5.41) is 0. The molecule has 1 rings (SSSR count). The number of rotatable bonds is 5. The van der Waals surface area contributed by atoms with Gasteiger partial charge in [-0.1, -0.05) is 43.7 Å². The number of sulfone groups is 1. The summed E-state index contributed by atoms with van der Waals surface area (Å²) in [5.41, 5.74) is -4.63. The monoisotopic (exact) mass is 294 g/mol. The van der Waals surface area contributed by atoms with Crippen molar-refractivity contribution in [2.45, 2.75) is 43.4 Å². The smallest absolute Gasteiger partial charge is 0.219 e. The summed E-state index contributed by atoms with van der Waals surface area (Å²) in [6, 6.07) is 8.38. The van der Waals surface area contributed by atoms with Gasteiger partial charge in [0.25, 0.3) is 9.84 Å². The maximum Gasteiger partial charge on any atom is 0.497 e. The van der Waals surface area contributed by atoms with Gasteiger partial charge in [-0.3, -0.25) is 0 Å². The van der Waals surface area contributed by atoms with Crippen LogP contribution in [0.15, 0.2) is 30.3 Å².